The van der Waals surface area contributed by atoms with Gasteiger partial charge in [-0.15, -0.1) is 13.2 Å². The maximum atomic E-state index is 11.9. The summed E-state index contributed by atoms with van der Waals surface area (Å²) >= 11 is 0. The first-order valence-electron chi connectivity index (χ1n) is 4.77. The second-order valence-electron chi connectivity index (χ2n) is 3.40. The van der Waals surface area contributed by atoms with E-state index in [1.54, 1.807) is 19.1 Å². The van der Waals surface area contributed by atoms with E-state index < -0.39 is 6.36 Å². The van der Waals surface area contributed by atoms with Crippen LogP contribution in [0.25, 0.3) is 0 Å². The molecular weight excluding hydrogens is 205 g/mol. The van der Waals surface area contributed by atoms with Crippen molar-refractivity contribution in [3.63, 3.8) is 0 Å². The molecule has 0 fully saturated rings. The van der Waals surface area contributed by atoms with E-state index in [9.17, 15) is 13.2 Å². The minimum atomic E-state index is -4.61. The normalized spacial score (nSPS) is 11.5. The Hall–Kier alpha value is -1.19. The standard InChI is InChI=1S/C11H13F3O/c1-3-4-9-5-6-10(8(2)7-9)15-11(12,13)14/h5-7H,3-4H2,1-2H3. The van der Waals surface area contributed by atoms with Crippen LogP contribution < -0.4 is 4.74 Å². The zero-order valence-electron chi connectivity index (χ0n) is 8.69. The van der Waals surface area contributed by atoms with Crippen LogP contribution >= 0.6 is 0 Å². The van der Waals surface area contributed by atoms with Gasteiger partial charge in [-0.2, -0.15) is 0 Å². The highest BCUT2D eigenvalue weighted by Crippen LogP contribution is 2.26. The third-order valence-corrected chi connectivity index (χ3v) is 2.00. The van der Waals surface area contributed by atoms with Crippen molar-refractivity contribution in [2.45, 2.75) is 33.1 Å². The molecule has 0 aromatic heterocycles. The van der Waals surface area contributed by atoms with Gasteiger partial charge in [0.2, 0.25) is 0 Å². The molecule has 84 valence electrons. The topological polar surface area (TPSA) is 9.23 Å². The van der Waals surface area contributed by atoms with Gasteiger partial charge in [0.15, 0.2) is 0 Å². The van der Waals surface area contributed by atoms with Crippen LogP contribution in [0.4, 0.5) is 13.2 Å². The number of hydrogen-bond acceptors (Lipinski definition) is 1. The summed E-state index contributed by atoms with van der Waals surface area (Å²) in [6.07, 6.45) is -2.77. The van der Waals surface area contributed by atoms with Crippen LogP contribution in [0, 0.1) is 6.92 Å². The Morgan fingerprint density at radius 1 is 1.27 bits per heavy atom. The van der Waals surface area contributed by atoms with Gasteiger partial charge in [-0.05, 0) is 30.5 Å². The summed E-state index contributed by atoms with van der Waals surface area (Å²) in [4.78, 5) is 0. The average Bonchev–Trinajstić information content (AvgIpc) is 2.08. The summed E-state index contributed by atoms with van der Waals surface area (Å²) in [5.41, 5.74) is 1.54. The van der Waals surface area contributed by atoms with E-state index >= 15 is 0 Å². The van der Waals surface area contributed by atoms with Gasteiger partial charge in [0.1, 0.15) is 5.75 Å². The summed E-state index contributed by atoms with van der Waals surface area (Å²) in [5.74, 6) is -0.123. The van der Waals surface area contributed by atoms with Crippen molar-refractivity contribution in [1.29, 1.82) is 0 Å². The van der Waals surface area contributed by atoms with Crippen molar-refractivity contribution in [2.24, 2.45) is 0 Å². The Kier molecular flexibility index (Phi) is 3.61. The first-order valence-corrected chi connectivity index (χ1v) is 4.77. The second-order valence-corrected chi connectivity index (χ2v) is 3.40. The quantitative estimate of drug-likeness (QED) is 0.748. The maximum Gasteiger partial charge on any atom is 0.573 e. The molecule has 0 unspecified atom stereocenters. The number of ether oxygens (including phenoxy) is 1. The van der Waals surface area contributed by atoms with Crippen molar-refractivity contribution in [2.75, 3.05) is 0 Å². The number of halogens is 3. The molecule has 1 nitrogen and oxygen atoms in total. The fourth-order valence-corrected chi connectivity index (χ4v) is 1.39. The van der Waals surface area contributed by atoms with Gasteiger partial charge in [-0.25, -0.2) is 0 Å². The molecule has 15 heavy (non-hydrogen) atoms. The Morgan fingerprint density at radius 3 is 2.40 bits per heavy atom. The molecule has 0 aliphatic carbocycles. The van der Waals surface area contributed by atoms with Crippen LogP contribution in [0.3, 0.4) is 0 Å². The number of benzene rings is 1. The maximum absolute atomic E-state index is 11.9. The minimum Gasteiger partial charge on any atom is -0.406 e. The monoisotopic (exact) mass is 218 g/mol. The molecule has 0 amide bonds. The van der Waals surface area contributed by atoms with Crippen LogP contribution in [0.2, 0.25) is 0 Å². The lowest BCUT2D eigenvalue weighted by Crippen LogP contribution is -2.17. The fourth-order valence-electron chi connectivity index (χ4n) is 1.39. The van der Waals surface area contributed by atoms with E-state index in [0.717, 1.165) is 18.4 Å². The summed E-state index contributed by atoms with van der Waals surface area (Å²) < 4.78 is 39.7. The molecule has 1 aromatic carbocycles. The molecule has 0 radical (unpaired) electrons. The molecule has 0 saturated heterocycles. The highest BCUT2D eigenvalue weighted by molar-refractivity contribution is 5.36. The van der Waals surface area contributed by atoms with E-state index in [1.165, 1.54) is 6.07 Å². The van der Waals surface area contributed by atoms with Crippen LogP contribution in [0.5, 0.6) is 5.75 Å². The van der Waals surface area contributed by atoms with Crippen molar-refractivity contribution in [3.8, 4) is 5.75 Å². The van der Waals surface area contributed by atoms with Crippen molar-refractivity contribution >= 4 is 0 Å². The Balaban J connectivity index is 2.84. The lowest BCUT2D eigenvalue weighted by molar-refractivity contribution is -0.274. The van der Waals surface area contributed by atoms with E-state index in [0.29, 0.717) is 5.56 Å². The summed E-state index contributed by atoms with van der Waals surface area (Å²) in [6.45, 7) is 3.63. The lowest BCUT2D eigenvalue weighted by Gasteiger charge is -2.12. The van der Waals surface area contributed by atoms with Crippen molar-refractivity contribution in [3.05, 3.63) is 29.3 Å². The van der Waals surface area contributed by atoms with Gasteiger partial charge in [0.25, 0.3) is 0 Å². The Morgan fingerprint density at radius 2 is 1.93 bits per heavy atom. The molecular formula is C11H13F3O. The van der Waals surface area contributed by atoms with E-state index in [1.807, 2.05) is 6.92 Å². The largest absolute Gasteiger partial charge is 0.573 e. The van der Waals surface area contributed by atoms with Crippen LogP contribution in [-0.4, -0.2) is 6.36 Å². The Bertz CT molecular complexity index is 331. The molecule has 0 N–H and O–H groups in total. The first-order chi connectivity index (χ1) is 6.92. The highest BCUT2D eigenvalue weighted by atomic mass is 19.4. The van der Waals surface area contributed by atoms with Gasteiger partial charge in [-0.3, -0.25) is 0 Å². The minimum absolute atomic E-state index is 0.123. The molecule has 0 atom stereocenters. The smallest absolute Gasteiger partial charge is 0.406 e. The number of aryl methyl sites for hydroxylation is 2. The zero-order valence-corrected chi connectivity index (χ0v) is 8.69. The summed E-state index contributed by atoms with van der Waals surface area (Å²) in [6, 6.07) is 4.76. The fraction of sp³-hybridized carbons (Fsp3) is 0.455. The third kappa shape index (κ3) is 3.81. The second kappa shape index (κ2) is 4.55. The van der Waals surface area contributed by atoms with Gasteiger partial charge in [0.05, 0.1) is 0 Å². The summed E-state index contributed by atoms with van der Waals surface area (Å²) in [5, 5.41) is 0. The summed E-state index contributed by atoms with van der Waals surface area (Å²) in [7, 11) is 0. The van der Waals surface area contributed by atoms with E-state index in [2.05, 4.69) is 4.74 Å². The number of alkyl halides is 3. The Labute approximate surface area is 86.9 Å². The van der Waals surface area contributed by atoms with E-state index in [-0.39, 0.29) is 5.75 Å². The molecule has 0 bridgehead atoms. The average molecular weight is 218 g/mol. The molecule has 1 aromatic rings. The van der Waals surface area contributed by atoms with Crippen LogP contribution in [-0.2, 0) is 6.42 Å². The van der Waals surface area contributed by atoms with Gasteiger partial charge in [-0.1, -0.05) is 25.5 Å². The molecule has 0 aliphatic rings. The molecule has 0 saturated carbocycles. The number of rotatable bonds is 3. The van der Waals surface area contributed by atoms with Crippen LogP contribution in [0.1, 0.15) is 24.5 Å². The first kappa shape index (κ1) is 11.9. The molecule has 0 spiro atoms. The predicted octanol–water partition coefficient (Wildman–Crippen LogP) is 3.85. The van der Waals surface area contributed by atoms with Gasteiger partial charge < -0.3 is 4.74 Å². The van der Waals surface area contributed by atoms with E-state index in [4.69, 9.17) is 0 Å². The molecule has 0 heterocycles. The van der Waals surface area contributed by atoms with Crippen molar-refractivity contribution in [1.82, 2.24) is 0 Å². The van der Waals surface area contributed by atoms with Gasteiger partial charge >= 0.3 is 6.36 Å². The van der Waals surface area contributed by atoms with Crippen LogP contribution in [0.15, 0.2) is 18.2 Å². The SMILES string of the molecule is CCCc1ccc(OC(F)(F)F)c(C)c1. The number of hydrogen-bond donors (Lipinski definition) is 0. The van der Waals surface area contributed by atoms with Crippen molar-refractivity contribution < 1.29 is 17.9 Å². The zero-order chi connectivity index (χ0) is 11.5. The highest BCUT2D eigenvalue weighted by Gasteiger charge is 2.31. The third-order valence-electron chi connectivity index (χ3n) is 2.00. The van der Waals surface area contributed by atoms with Gasteiger partial charge in [0, 0.05) is 0 Å². The molecule has 4 heteroatoms. The molecule has 1 rings (SSSR count). The lowest BCUT2D eigenvalue weighted by atomic mass is 10.1. The predicted molar refractivity (Wildman–Crippen MR) is 51.9 cm³/mol. The molecule has 0 aliphatic heterocycles.